The molecule has 8 nitrogen and oxygen atoms in total. The predicted molar refractivity (Wildman–Crippen MR) is 66.5 cm³/mol. The van der Waals surface area contributed by atoms with Crippen LogP contribution >= 0.6 is 0 Å². The van der Waals surface area contributed by atoms with E-state index in [0.717, 1.165) is 0 Å². The molecule has 0 saturated carbocycles. The van der Waals surface area contributed by atoms with E-state index in [2.05, 4.69) is 11.3 Å². The molecule has 0 aliphatic heterocycles. The normalized spacial score (nSPS) is 16.9. The average Bonchev–Trinajstić information content (AvgIpc) is 2.43. The molecule has 0 bridgehead atoms. The maximum atomic E-state index is 11.5. The molecule has 0 saturated heterocycles. The van der Waals surface area contributed by atoms with E-state index in [1.807, 2.05) is 0 Å². The molecular weight excluding hydrogens is 272 g/mol. The van der Waals surface area contributed by atoms with Crippen LogP contribution in [0.25, 0.3) is 0 Å². The van der Waals surface area contributed by atoms with Gasteiger partial charge in [0.25, 0.3) is 0 Å². The van der Waals surface area contributed by atoms with Crippen LogP contribution in [0, 0.1) is 0 Å². The molecule has 0 spiro atoms. The molecule has 0 aromatic rings. The Morgan fingerprint density at radius 3 is 2.15 bits per heavy atom. The van der Waals surface area contributed by atoms with Crippen LogP contribution in [0.4, 0.5) is 0 Å². The second-order valence-electron chi connectivity index (χ2n) is 4.31. The number of carbonyl (C=O) groups is 2. The Balaban J connectivity index is 4.27. The third kappa shape index (κ3) is 5.76. The molecule has 0 aromatic carbocycles. The van der Waals surface area contributed by atoms with Crippen molar-refractivity contribution < 1.29 is 39.9 Å². The minimum absolute atomic E-state index is 0.152. The van der Waals surface area contributed by atoms with Gasteiger partial charge in [0.15, 0.2) is 5.78 Å². The van der Waals surface area contributed by atoms with Crippen LogP contribution < -0.4 is 0 Å². The first kappa shape index (κ1) is 18.7. The molecule has 8 heteroatoms. The van der Waals surface area contributed by atoms with Crippen LogP contribution in [0.5, 0.6) is 0 Å². The first-order valence-electron chi connectivity index (χ1n) is 5.90. The molecule has 116 valence electrons. The van der Waals surface area contributed by atoms with Gasteiger partial charge in [-0.1, -0.05) is 6.58 Å². The van der Waals surface area contributed by atoms with E-state index in [4.69, 9.17) is 10.2 Å². The van der Waals surface area contributed by atoms with Crippen molar-refractivity contribution in [2.24, 2.45) is 0 Å². The fourth-order valence-corrected chi connectivity index (χ4v) is 1.23. The number of aliphatic hydroxyl groups excluding tert-OH is 5. The molecular formula is C12H20O8. The fourth-order valence-electron chi connectivity index (χ4n) is 1.23. The summed E-state index contributed by atoms with van der Waals surface area (Å²) in [5, 5.41) is 45.9. The van der Waals surface area contributed by atoms with Crippen LogP contribution in [-0.2, 0) is 14.3 Å². The standard InChI is InChI=1S/C12H20O8/c1-6(2)12(19)20-4-3-7(14)9(16)11(18)10(17)8(15)5-13/h8-11,13,15-18H,1,3-5H2,2H3/t8-,9+,10+,11-/m1/s1. The van der Waals surface area contributed by atoms with E-state index in [0.29, 0.717) is 0 Å². The Morgan fingerprint density at radius 1 is 1.15 bits per heavy atom. The summed E-state index contributed by atoms with van der Waals surface area (Å²) in [7, 11) is 0. The van der Waals surface area contributed by atoms with Gasteiger partial charge in [-0.25, -0.2) is 4.79 Å². The van der Waals surface area contributed by atoms with Crippen LogP contribution in [-0.4, -0.2) is 74.9 Å². The zero-order chi connectivity index (χ0) is 15.9. The smallest absolute Gasteiger partial charge is 0.333 e. The Labute approximate surface area is 115 Å². The fraction of sp³-hybridized carbons (Fsp3) is 0.667. The van der Waals surface area contributed by atoms with E-state index < -0.39 is 42.8 Å². The van der Waals surface area contributed by atoms with E-state index >= 15 is 0 Å². The number of ether oxygens (including phenoxy) is 1. The highest BCUT2D eigenvalue weighted by molar-refractivity contribution is 5.87. The van der Waals surface area contributed by atoms with Crippen LogP contribution in [0.2, 0.25) is 0 Å². The van der Waals surface area contributed by atoms with Gasteiger partial charge in [0.2, 0.25) is 0 Å². The summed E-state index contributed by atoms with van der Waals surface area (Å²) in [4.78, 5) is 22.5. The van der Waals surface area contributed by atoms with E-state index in [9.17, 15) is 24.9 Å². The Morgan fingerprint density at radius 2 is 1.70 bits per heavy atom. The number of hydrogen-bond acceptors (Lipinski definition) is 8. The van der Waals surface area contributed by atoms with Crippen LogP contribution in [0.3, 0.4) is 0 Å². The first-order valence-corrected chi connectivity index (χ1v) is 5.90. The van der Waals surface area contributed by atoms with Crippen molar-refractivity contribution in [1.29, 1.82) is 0 Å². The second-order valence-corrected chi connectivity index (χ2v) is 4.31. The summed E-state index contributed by atoms with van der Waals surface area (Å²) in [6.07, 6.45) is -7.86. The number of esters is 1. The summed E-state index contributed by atoms with van der Waals surface area (Å²) in [6.45, 7) is 3.61. The lowest BCUT2D eigenvalue weighted by molar-refractivity contribution is -0.149. The molecule has 0 radical (unpaired) electrons. The summed E-state index contributed by atoms with van der Waals surface area (Å²) < 4.78 is 4.63. The molecule has 0 amide bonds. The minimum atomic E-state index is -1.96. The van der Waals surface area contributed by atoms with Gasteiger partial charge in [0.1, 0.15) is 24.4 Å². The van der Waals surface area contributed by atoms with Gasteiger partial charge in [0, 0.05) is 12.0 Å². The second kappa shape index (κ2) is 8.77. The molecule has 0 unspecified atom stereocenters. The van der Waals surface area contributed by atoms with E-state index in [-0.39, 0.29) is 18.6 Å². The van der Waals surface area contributed by atoms with E-state index in [1.165, 1.54) is 6.92 Å². The summed E-state index contributed by atoms with van der Waals surface area (Å²) in [6, 6.07) is 0. The molecule has 4 atom stereocenters. The highest BCUT2D eigenvalue weighted by Crippen LogP contribution is 2.08. The van der Waals surface area contributed by atoms with Crippen LogP contribution in [0.15, 0.2) is 12.2 Å². The number of hydrogen-bond donors (Lipinski definition) is 5. The lowest BCUT2D eigenvalue weighted by Crippen LogP contribution is -2.48. The van der Waals surface area contributed by atoms with Gasteiger partial charge in [-0.15, -0.1) is 0 Å². The Bertz CT molecular complexity index is 353. The topological polar surface area (TPSA) is 145 Å². The molecule has 5 N–H and O–H groups in total. The van der Waals surface area contributed by atoms with Gasteiger partial charge in [-0.3, -0.25) is 4.79 Å². The average molecular weight is 292 g/mol. The quantitative estimate of drug-likeness (QED) is 0.232. The SMILES string of the molecule is C=C(C)C(=O)OCCC(=O)[C@H](O)[C@@H](O)[C@@H](O)[C@H](O)CO. The van der Waals surface area contributed by atoms with Crippen molar-refractivity contribution in [2.45, 2.75) is 37.8 Å². The minimum Gasteiger partial charge on any atom is -0.462 e. The monoisotopic (exact) mass is 292 g/mol. The number of ketones is 1. The number of carbonyl (C=O) groups excluding carboxylic acids is 2. The maximum Gasteiger partial charge on any atom is 0.333 e. The maximum absolute atomic E-state index is 11.5. The first-order chi connectivity index (χ1) is 9.22. The largest absolute Gasteiger partial charge is 0.462 e. The van der Waals surface area contributed by atoms with Crippen molar-refractivity contribution in [3.8, 4) is 0 Å². The molecule has 0 fully saturated rings. The number of aliphatic hydroxyl groups is 5. The molecule has 0 aliphatic carbocycles. The predicted octanol–water partition coefficient (Wildman–Crippen LogP) is -2.50. The molecule has 0 aromatic heterocycles. The van der Waals surface area contributed by atoms with E-state index in [1.54, 1.807) is 0 Å². The number of rotatable bonds is 9. The molecule has 0 rings (SSSR count). The third-order valence-corrected chi connectivity index (χ3v) is 2.51. The van der Waals surface area contributed by atoms with Gasteiger partial charge >= 0.3 is 5.97 Å². The summed E-state index contributed by atoms with van der Waals surface area (Å²) >= 11 is 0. The zero-order valence-electron chi connectivity index (χ0n) is 11.1. The van der Waals surface area contributed by atoms with Crippen molar-refractivity contribution in [2.75, 3.05) is 13.2 Å². The zero-order valence-corrected chi connectivity index (χ0v) is 11.1. The highest BCUT2D eigenvalue weighted by atomic mass is 16.5. The molecule has 20 heavy (non-hydrogen) atoms. The Hall–Kier alpha value is -1.32. The molecule has 0 aliphatic rings. The Kier molecular flexibility index (Phi) is 8.19. The van der Waals surface area contributed by atoms with Crippen molar-refractivity contribution in [3.05, 3.63) is 12.2 Å². The van der Waals surface area contributed by atoms with Gasteiger partial charge in [-0.2, -0.15) is 0 Å². The third-order valence-electron chi connectivity index (χ3n) is 2.51. The van der Waals surface area contributed by atoms with Crippen LogP contribution in [0.1, 0.15) is 13.3 Å². The molecule has 0 heterocycles. The highest BCUT2D eigenvalue weighted by Gasteiger charge is 2.33. The van der Waals surface area contributed by atoms with Crippen molar-refractivity contribution >= 4 is 11.8 Å². The van der Waals surface area contributed by atoms with Crippen molar-refractivity contribution in [1.82, 2.24) is 0 Å². The van der Waals surface area contributed by atoms with Gasteiger partial charge in [0.05, 0.1) is 13.2 Å². The summed E-state index contributed by atoms with van der Waals surface area (Å²) in [5.74, 6) is -1.57. The summed E-state index contributed by atoms with van der Waals surface area (Å²) in [5.41, 5.74) is 0.152. The lowest BCUT2D eigenvalue weighted by atomic mass is 9.99. The number of Topliss-reactive ketones (excluding diaryl/α,β-unsaturated/α-hetero) is 1. The lowest BCUT2D eigenvalue weighted by Gasteiger charge is -2.24. The van der Waals surface area contributed by atoms with Gasteiger partial charge < -0.3 is 30.3 Å². The van der Waals surface area contributed by atoms with Gasteiger partial charge in [-0.05, 0) is 6.92 Å². The van der Waals surface area contributed by atoms with Crippen molar-refractivity contribution in [3.63, 3.8) is 0 Å².